The van der Waals surface area contributed by atoms with Gasteiger partial charge >= 0.3 is 6.18 Å². The number of halogens is 3. The molecule has 0 aliphatic rings. The highest BCUT2D eigenvalue weighted by Gasteiger charge is 2.30. The SMILES string of the molecule is COCC[C@H](CO)NC(=O)CSc1ccc(C(F)(F)F)cn1. The number of alkyl halides is 3. The second-order valence-electron chi connectivity index (χ2n) is 4.40. The van der Waals surface area contributed by atoms with Crippen LogP contribution in [0.4, 0.5) is 13.2 Å². The van der Waals surface area contributed by atoms with Gasteiger partial charge in [-0.05, 0) is 18.6 Å². The first-order valence-corrected chi connectivity index (χ1v) is 7.40. The molecule has 1 atom stereocenters. The van der Waals surface area contributed by atoms with E-state index >= 15 is 0 Å². The molecule has 0 spiro atoms. The Kier molecular flexibility index (Phi) is 7.63. The summed E-state index contributed by atoms with van der Waals surface area (Å²) in [5, 5.41) is 12.0. The molecule has 0 saturated heterocycles. The standard InChI is InChI=1S/C13H17F3N2O3S/c1-21-5-4-10(7-19)18-11(20)8-22-12-3-2-9(6-17-12)13(14,15)16/h2-3,6,10,19H,4-5,7-8H2,1H3,(H,18,20)/t10-/m1/s1. The van der Waals surface area contributed by atoms with Crippen LogP contribution in [0.3, 0.4) is 0 Å². The first-order chi connectivity index (χ1) is 10.4. The van der Waals surface area contributed by atoms with E-state index in [9.17, 15) is 18.0 Å². The molecule has 1 aromatic heterocycles. The van der Waals surface area contributed by atoms with Crippen molar-refractivity contribution < 1.29 is 27.8 Å². The monoisotopic (exact) mass is 338 g/mol. The predicted molar refractivity (Wildman–Crippen MR) is 75.5 cm³/mol. The van der Waals surface area contributed by atoms with Gasteiger partial charge < -0.3 is 15.2 Å². The van der Waals surface area contributed by atoms with E-state index in [4.69, 9.17) is 9.84 Å². The summed E-state index contributed by atoms with van der Waals surface area (Å²) >= 11 is 1.02. The van der Waals surface area contributed by atoms with Crippen LogP contribution in [-0.4, -0.2) is 48.1 Å². The zero-order valence-electron chi connectivity index (χ0n) is 11.9. The third-order valence-corrected chi connectivity index (χ3v) is 3.61. The zero-order chi connectivity index (χ0) is 16.6. The number of hydrogen-bond acceptors (Lipinski definition) is 5. The number of aromatic nitrogens is 1. The molecule has 1 amide bonds. The Labute approximate surface area is 130 Å². The lowest BCUT2D eigenvalue weighted by Crippen LogP contribution is -2.39. The molecule has 0 unspecified atom stereocenters. The predicted octanol–water partition coefficient (Wildman–Crippen LogP) is 1.71. The van der Waals surface area contributed by atoms with Crippen LogP contribution >= 0.6 is 11.8 Å². The molecule has 0 fully saturated rings. The molecule has 1 heterocycles. The minimum Gasteiger partial charge on any atom is -0.394 e. The van der Waals surface area contributed by atoms with Gasteiger partial charge in [0.05, 0.1) is 29.0 Å². The Morgan fingerprint density at radius 1 is 1.50 bits per heavy atom. The molecule has 1 aromatic rings. The van der Waals surface area contributed by atoms with Gasteiger partial charge in [0.2, 0.25) is 5.91 Å². The Morgan fingerprint density at radius 2 is 2.23 bits per heavy atom. The van der Waals surface area contributed by atoms with E-state index in [0.717, 1.165) is 24.0 Å². The first kappa shape index (κ1) is 18.7. The Balaban J connectivity index is 2.43. The molecule has 0 aromatic carbocycles. The number of rotatable bonds is 8. The Bertz CT molecular complexity index is 469. The molecule has 1 rings (SSSR count). The van der Waals surface area contributed by atoms with E-state index in [0.29, 0.717) is 18.1 Å². The smallest absolute Gasteiger partial charge is 0.394 e. The van der Waals surface area contributed by atoms with Gasteiger partial charge in [0.25, 0.3) is 0 Å². The van der Waals surface area contributed by atoms with E-state index in [2.05, 4.69) is 10.3 Å². The van der Waals surface area contributed by atoms with Crippen molar-refractivity contribution in [1.29, 1.82) is 0 Å². The third-order valence-electron chi connectivity index (χ3n) is 2.67. The normalized spacial score (nSPS) is 13.0. The van der Waals surface area contributed by atoms with Crippen molar-refractivity contribution in [1.82, 2.24) is 10.3 Å². The highest BCUT2D eigenvalue weighted by Crippen LogP contribution is 2.29. The number of thioether (sulfide) groups is 1. The quantitative estimate of drug-likeness (QED) is 0.706. The number of carbonyl (C=O) groups is 1. The largest absolute Gasteiger partial charge is 0.417 e. The fraction of sp³-hybridized carbons (Fsp3) is 0.538. The Morgan fingerprint density at radius 3 is 2.73 bits per heavy atom. The Hall–Kier alpha value is -1.32. The number of hydrogen-bond donors (Lipinski definition) is 2. The van der Waals surface area contributed by atoms with Crippen LogP contribution in [0.25, 0.3) is 0 Å². The maximum Gasteiger partial charge on any atom is 0.417 e. The third kappa shape index (κ3) is 6.63. The van der Waals surface area contributed by atoms with Gasteiger partial charge in [-0.1, -0.05) is 11.8 Å². The number of aliphatic hydroxyl groups is 1. The van der Waals surface area contributed by atoms with Crippen LogP contribution in [0, 0.1) is 0 Å². The van der Waals surface area contributed by atoms with E-state index in [1.165, 1.54) is 13.2 Å². The summed E-state index contributed by atoms with van der Waals surface area (Å²) in [7, 11) is 1.52. The van der Waals surface area contributed by atoms with Crippen LogP contribution in [0.15, 0.2) is 23.4 Å². The van der Waals surface area contributed by atoms with Gasteiger partial charge in [0.15, 0.2) is 0 Å². The summed E-state index contributed by atoms with van der Waals surface area (Å²) in [5.74, 6) is -0.330. The van der Waals surface area contributed by atoms with Gasteiger partial charge in [0, 0.05) is 19.9 Å². The second-order valence-corrected chi connectivity index (χ2v) is 5.40. The minimum atomic E-state index is -4.43. The number of methoxy groups -OCH3 is 1. The van der Waals surface area contributed by atoms with Crippen molar-refractivity contribution in [3.05, 3.63) is 23.9 Å². The number of pyridine rings is 1. The van der Waals surface area contributed by atoms with Crippen molar-refractivity contribution >= 4 is 17.7 Å². The summed E-state index contributed by atoms with van der Waals surface area (Å²) < 4.78 is 42.0. The topological polar surface area (TPSA) is 71.5 Å². The van der Waals surface area contributed by atoms with Crippen molar-refractivity contribution in [2.24, 2.45) is 0 Å². The van der Waals surface area contributed by atoms with Gasteiger partial charge in [-0.15, -0.1) is 0 Å². The lowest BCUT2D eigenvalue weighted by Gasteiger charge is -2.15. The highest BCUT2D eigenvalue weighted by molar-refractivity contribution is 7.99. The average molecular weight is 338 g/mol. The molecule has 2 N–H and O–H groups in total. The van der Waals surface area contributed by atoms with Gasteiger partial charge in [-0.3, -0.25) is 4.79 Å². The van der Waals surface area contributed by atoms with E-state index in [-0.39, 0.29) is 18.3 Å². The first-order valence-electron chi connectivity index (χ1n) is 6.42. The van der Waals surface area contributed by atoms with Crippen LogP contribution < -0.4 is 5.32 Å². The average Bonchev–Trinajstić information content (AvgIpc) is 2.49. The van der Waals surface area contributed by atoms with Crippen LogP contribution in [0.5, 0.6) is 0 Å². The van der Waals surface area contributed by atoms with Crippen molar-refractivity contribution in [3.8, 4) is 0 Å². The van der Waals surface area contributed by atoms with Gasteiger partial charge in [-0.25, -0.2) is 4.98 Å². The lowest BCUT2D eigenvalue weighted by atomic mass is 10.2. The lowest BCUT2D eigenvalue weighted by molar-refractivity contribution is -0.137. The molecule has 0 radical (unpaired) electrons. The molecule has 9 heteroatoms. The molecule has 0 aliphatic heterocycles. The van der Waals surface area contributed by atoms with Crippen molar-refractivity contribution in [2.75, 3.05) is 26.1 Å². The highest BCUT2D eigenvalue weighted by atomic mass is 32.2. The number of amides is 1. The number of nitrogens with one attached hydrogen (secondary N) is 1. The van der Waals surface area contributed by atoms with Crippen molar-refractivity contribution in [2.45, 2.75) is 23.7 Å². The molecule has 0 saturated carbocycles. The molecular weight excluding hydrogens is 321 g/mol. The molecule has 5 nitrogen and oxygen atoms in total. The fourth-order valence-electron chi connectivity index (χ4n) is 1.51. The molecule has 22 heavy (non-hydrogen) atoms. The van der Waals surface area contributed by atoms with Gasteiger partial charge in [-0.2, -0.15) is 13.2 Å². The second kappa shape index (κ2) is 8.96. The minimum absolute atomic E-state index is 0.00183. The number of ether oxygens (including phenoxy) is 1. The molecule has 124 valence electrons. The summed E-state index contributed by atoms with van der Waals surface area (Å²) in [6.45, 7) is 0.192. The summed E-state index contributed by atoms with van der Waals surface area (Å²) in [4.78, 5) is 15.3. The van der Waals surface area contributed by atoms with Crippen LogP contribution in [-0.2, 0) is 15.7 Å². The van der Waals surface area contributed by atoms with E-state index in [1.54, 1.807) is 0 Å². The summed E-state index contributed by atoms with van der Waals surface area (Å²) in [6, 6.07) is 1.73. The summed E-state index contributed by atoms with van der Waals surface area (Å²) in [5.41, 5.74) is -0.832. The van der Waals surface area contributed by atoms with E-state index in [1.807, 2.05) is 0 Å². The number of aliphatic hydroxyl groups excluding tert-OH is 1. The van der Waals surface area contributed by atoms with Crippen LogP contribution in [0.1, 0.15) is 12.0 Å². The molecular formula is C13H17F3N2O3S. The van der Waals surface area contributed by atoms with E-state index < -0.39 is 17.8 Å². The zero-order valence-corrected chi connectivity index (χ0v) is 12.7. The number of nitrogens with zero attached hydrogens (tertiary/aromatic N) is 1. The maximum absolute atomic E-state index is 12.4. The van der Waals surface area contributed by atoms with Crippen molar-refractivity contribution in [3.63, 3.8) is 0 Å². The number of carbonyl (C=O) groups excluding carboxylic acids is 1. The maximum atomic E-state index is 12.4. The fourth-order valence-corrected chi connectivity index (χ4v) is 2.17. The van der Waals surface area contributed by atoms with Crippen LogP contribution in [0.2, 0.25) is 0 Å². The molecule has 0 aliphatic carbocycles. The molecule has 0 bridgehead atoms. The van der Waals surface area contributed by atoms with Gasteiger partial charge in [0.1, 0.15) is 0 Å². The summed E-state index contributed by atoms with van der Waals surface area (Å²) in [6.07, 6.45) is -3.22.